The predicted molar refractivity (Wildman–Crippen MR) is 91.7 cm³/mol. The molecule has 0 aromatic carbocycles. The van der Waals surface area contributed by atoms with Crippen molar-refractivity contribution >= 4 is 23.5 Å². The molecule has 17 nitrogen and oxygen atoms in total. The molecular formula is C10H16FN2O15P3. The molecule has 1 aromatic rings. The lowest BCUT2D eigenvalue weighted by Crippen LogP contribution is -2.50. The van der Waals surface area contributed by atoms with E-state index in [2.05, 4.69) is 13.1 Å². The fourth-order valence-electron chi connectivity index (χ4n) is 2.48. The normalized spacial score (nSPS) is 33.0. The molecule has 1 fully saturated rings. The van der Waals surface area contributed by atoms with E-state index in [0.29, 0.717) is 4.57 Å². The maximum absolute atomic E-state index is 15.1. The minimum absolute atomic E-state index is 0.483. The van der Waals surface area contributed by atoms with Crippen LogP contribution < -0.4 is 11.2 Å². The molecule has 7 N–H and O–H groups in total. The van der Waals surface area contributed by atoms with Crippen molar-refractivity contribution in [3.8, 4) is 0 Å². The van der Waals surface area contributed by atoms with Crippen LogP contribution in [0.1, 0.15) is 13.2 Å². The van der Waals surface area contributed by atoms with Gasteiger partial charge < -0.3 is 34.5 Å². The molecule has 2 unspecified atom stereocenters. The number of hydrogen-bond acceptors (Lipinski definition) is 11. The van der Waals surface area contributed by atoms with Gasteiger partial charge in [0.15, 0.2) is 6.23 Å². The van der Waals surface area contributed by atoms with Crippen LogP contribution in [0.5, 0.6) is 0 Å². The van der Waals surface area contributed by atoms with Crippen molar-refractivity contribution in [2.24, 2.45) is 0 Å². The van der Waals surface area contributed by atoms with Gasteiger partial charge in [-0.05, 0) is 6.92 Å². The highest BCUT2D eigenvalue weighted by Gasteiger charge is 2.64. The maximum atomic E-state index is 15.1. The van der Waals surface area contributed by atoms with Gasteiger partial charge in [0.1, 0.15) is 18.3 Å². The Morgan fingerprint density at radius 3 is 2.29 bits per heavy atom. The summed E-state index contributed by atoms with van der Waals surface area (Å²) in [5, 5.41) is 20.4. The van der Waals surface area contributed by atoms with Crippen molar-refractivity contribution in [2.75, 3.05) is 6.61 Å². The van der Waals surface area contributed by atoms with Gasteiger partial charge in [0.2, 0.25) is 0 Å². The Balaban J connectivity index is 2.22. The summed E-state index contributed by atoms with van der Waals surface area (Å²) in [4.78, 5) is 60.1. The van der Waals surface area contributed by atoms with Gasteiger partial charge in [0.05, 0.1) is 0 Å². The van der Waals surface area contributed by atoms with E-state index < -0.39 is 65.1 Å². The molecule has 0 amide bonds. The highest BCUT2D eigenvalue weighted by molar-refractivity contribution is 7.66. The number of phosphoric ester groups is 1. The van der Waals surface area contributed by atoms with Gasteiger partial charge in [-0.3, -0.25) is 18.9 Å². The molecule has 178 valence electrons. The summed E-state index contributed by atoms with van der Waals surface area (Å²) in [6.45, 7) is -0.950. The molecule has 0 aliphatic carbocycles. The summed E-state index contributed by atoms with van der Waals surface area (Å²) < 4.78 is 64.8. The molecule has 2 heterocycles. The Labute approximate surface area is 170 Å². The van der Waals surface area contributed by atoms with E-state index in [1.54, 1.807) is 4.98 Å². The second kappa shape index (κ2) is 8.35. The molecule has 21 heteroatoms. The fourth-order valence-corrected chi connectivity index (χ4v) is 5.51. The molecule has 1 saturated heterocycles. The quantitative estimate of drug-likeness (QED) is 0.188. The number of rotatable bonds is 8. The summed E-state index contributed by atoms with van der Waals surface area (Å²) >= 11 is 0. The lowest BCUT2D eigenvalue weighted by Gasteiger charge is -2.27. The number of alkyl halides is 1. The number of aromatic amines is 1. The Hall–Kier alpha value is -1.10. The van der Waals surface area contributed by atoms with E-state index in [1.165, 1.54) is 0 Å². The smallest absolute Gasteiger partial charge is 0.384 e. The van der Waals surface area contributed by atoms with Gasteiger partial charge in [-0.15, -0.1) is 0 Å². The summed E-state index contributed by atoms with van der Waals surface area (Å²) in [5.41, 5.74) is -4.61. The van der Waals surface area contributed by atoms with E-state index in [0.717, 1.165) is 19.2 Å². The molecule has 0 bridgehead atoms. The lowest BCUT2D eigenvalue weighted by atomic mass is 9.95. The van der Waals surface area contributed by atoms with Crippen LogP contribution in [0.25, 0.3) is 0 Å². The van der Waals surface area contributed by atoms with Gasteiger partial charge in [-0.1, -0.05) is 0 Å². The Bertz CT molecular complexity index is 1100. The van der Waals surface area contributed by atoms with Crippen molar-refractivity contribution in [3.05, 3.63) is 33.1 Å². The van der Waals surface area contributed by atoms with Crippen LogP contribution in [0.4, 0.5) is 4.39 Å². The van der Waals surface area contributed by atoms with Crippen molar-refractivity contribution in [2.45, 2.75) is 30.7 Å². The molecule has 2 rings (SSSR count). The van der Waals surface area contributed by atoms with Crippen LogP contribution >= 0.6 is 23.5 Å². The number of nitrogens with zero attached hydrogens (tertiary/aromatic N) is 1. The number of aliphatic hydroxyl groups is 2. The summed E-state index contributed by atoms with van der Waals surface area (Å²) in [5.74, 6) is -3.53. The Kier molecular flexibility index (Phi) is 7.05. The topological polar surface area (TPSA) is 264 Å². The monoisotopic (exact) mass is 516 g/mol. The molecule has 0 saturated carbocycles. The van der Waals surface area contributed by atoms with Crippen molar-refractivity contribution in [1.82, 2.24) is 9.55 Å². The zero-order chi connectivity index (χ0) is 24.0. The second-order valence-corrected chi connectivity index (χ2v) is 10.7. The largest absolute Gasteiger partial charge is 0.490 e. The first-order valence-electron chi connectivity index (χ1n) is 7.65. The highest BCUT2D eigenvalue weighted by atomic mass is 31.3. The summed E-state index contributed by atoms with van der Waals surface area (Å²) in [6, 6.07) is 0.803. The van der Waals surface area contributed by atoms with Gasteiger partial charge in [-0.2, -0.15) is 8.62 Å². The third kappa shape index (κ3) is 6.24. The van der Waals surface area contributed by atoms with Crippen LogP contribution in [0, 0.1) is 0 Å². The number of nitrogens with one attached hydrogen (secondary N) is 1. The molecule has 0 radical (unpaired) electrons. The lowest BCUT2D eigenvalue weighted by molar-refractivity contribution is -0.205. The average molecular weight is 516 g/mol. The number of ether oxygens (including phenoxy) is 1. The zero-order valence-electron chi connectivity index (χ0n) is 15.0. The van der Waals surface area contributed by atoms with Crippen molar-refractivity contribution < 1.29 is 65.8 Å². The first-order valence-corrected chi connectivity index (χ1v) is 12.2. The molecule has 1 aliphatic heterocycles. The standard InChI is InChI=1S/C10H16FN2O15P3/c1-9(17)6(15)10(11,26-7(9)13-3-2-5(14)12-8(13)16)4-25-30(21,22)28-31(23,24)27-29(18,19)20/h2-3,6-7,15,17H,4H2,1H3,(H,21,22)(H,23,24)(H,12,14,16)(H2,18,19,20)/t6-,7+,9+,10-/m0/s1. The fraction of sp³-hybridized carbons (Fsp3) is 0.600. The molecule has 1 aromatic heterocycles. The average Bonchev–Trinajstić information content (AvgIpc) is 2.71. The predicted octanol–water partition coefficient (Wildman–Crippen LogP) is -1.81. The third-order valence-corrected chi connectivity index (χ3v) is 7.50. The first-order chi connectivity index (χ1) is 13.8. The molecule has 0 spiro atoms. The maximum Gasteiger partial charge on any atom is 0.490 e. The van der Waals surface area contributed by atoms with Crippen molar-refractivity contribution in [3.63, 3.8) is 0 Å². The van der Waals surface area contributed by atoms with E-state index in [1.807, 2.05) is 0 Å². The zero-order valence-corrected chi connectivity index (χ0v) is 17.7. The SMILES string of the molecule is C[C@]1(O)[C@H](n2ccc(=O)[nH]c2=O)O[C@@](F)(COP(=O)(O)OP(=O)(O)OP(=O)(O)O)[C@H]1O. The van der Waals surface area contributed by atoms with E-state index in [-0.39, 0.29) is 0 Å². The van der Waals surface area contributed by atoms with Gasteiger partial charge in [-0.25, -0.2) is 22.9 Å². The number of halogens is 1. The minimum Gasteiger partial charge on any atom is -0.384 e. The summed E-state index contributed by atoms with van der Waals surface area (Å²) in [7, 11) is -17.3. The molecule has 6 atom stereocenters. The van der Waals surface area contributed by atoms with Crippen LogP contribution in [0.15, 0.2) is 21.9 Å². The van der Waals surface area contributed by atoms with Crippen LogP contribution in [-0.2, 0) is 31.6 Å². The molecule has 1 aliphatic rings. The third-order valence-electron chi connectivity index (χ3n) is 3.71. The van der Waals surface area contributed by atoms with E-state index in [4.69, 9.17) is 19.4 Å². The number of aromatic nitrogens is 2. The van der Waals surface area contributed by atoms with Gasteiger partial charge >= 0.3 is 29.2 Å². The van der Waals surface area contributed by atoms with Crippen LogP contribution in [0.2, 0.25) is 0 Å². The van der Waals surface area contributed by atoms with E-state index >= 15 is 4.39 Å². The minimum atomic E-state index is -5.89. The Morgan fingerprint density at radius 2 is 1.77 bits per heavy atom. The number of aliphatic hydroxyl groups excluding tert-OH is 1. The van der Waals surface area contributed by atoms with Gasteiger partial charge in [0.25, 0.3) is 11.4 Å². The highest BCUT2D eigenvalue weighted by Crippen LogP contribution is 2.66. The first kappa shape index (κ1) is 26.2. The van der Waals surface area contributed by atoms with E-state index in [9.17, 15) is 38.4 Å². The molecule has 31 heavy (non-hydrogen) atoms. The number of hydrogen-bond donors (Lipinski definition) is 7. The van der Waals surface area contributed by atoms with Crippen LogP contribution in [-0.4, -0.2) is 63.5 Å². The van der Waals surface area contributed by atoms with Gasteiger partial charge in [0, 0.05) is 12.3 Å². The second-order valence-electron chi connectivity index (χ2n) is 6.27. The van der Waals surface area contributed by atoms with Crippen LogP contribution in [0.3, 0.4) is 0 Å². The summed E-state index contributed by atoms with van der Waals surface area (Å²) in [6.07, 6.45) is -3.77. The number of phosphoric acid groups is 3. The number of H-pyrrole nitrogens is 1. The Morgan fingerprint density at radius 1 is 1.19 bits per heavy atom. The van der Waals surface area contributed by atoms with Crippen molar-refractivity contribution in [1.29, 1.82) is 0 Å². The molecular weight excluding hydrogens is 500 g/mol.